The van der Waals surface area contributed by atoms with E-state index in [-0.39, 0.29) is 6.04 Å². The Morgan fingerprint density at radius 1 is 1.44 bits per heavy atom. The maximum absolute atomic E-state index is 11.4. The van der Waals surface area contributed by atoms with Crippen LogP contribution in [0.25, 0.3) is 0 Å². The lowest BCUT2D eigenvalue weighted by Gasteiger charge is -2.31. The van der Waals surface area contributed by atoms with Crippen molar-refractivity contribution in [1.82, 2.24) is 5.32 Å². The highest BCUT2D eigenvalue weighted by atomic mass is 16.5. The Morgan fingerprint density at radius 2 is 2.06 bits per heavy atom. The van der Waals surface area contributed by atoms with Gasteiger partial charge in [-0.05, 0) is 33.9 Å². The maximum Gasteiger partial charge on any atom is 0.311 e. The maximum atomic E-state index is 11.4. The first-order chi connectivity index (χ1) is 8.34. The average molecular weight is 251 g/mol. The van der Waals surface area contributed by atoms with Crippen LogP contribution in [0, 0.1) is 12.3 Å². The first-order valence-electron chi connectivity index (χ1n) is 5.89. The van der Waals surface area contributed by atoms with E-state index in [2.05, 4.69) is 5.32 Å². The van der Waals surface area contributed by atoms with E-state index in [9.17, 15) is 9.90 Å². The predicted octanol–water partition coefficient (Wildman–Crippen LogP) is 2.37. The predicted molar refractivity (Wildman–Crippen MR) is 70.9 cm³/mol. The fourth-order valence-corrected chi connectivity index (χ4v) is 2.11. The molecule has 1 unspecified atom stereocenters. The van der Waals surface area contributed by atoms with Gasteiger partial charge in [-0.15, -0.1) is 0 Å². The Kier molecular flexibility index (Phi) is 4.35. The molecule has 0 heterocycles. The van der Waals surface area contributed by atoms with Crippen LogP contribution in [0.15, 0.2) is 18.2 Å². The molecule has 1 rings (SSSR count). The van der Waals surface area contributed by atoms with Crippen LogP contribution in [0.4, 0.5) is 0 Å². The fourth-order valence-electron chi connectivity index (χ4n) is 2.11. The minimum Gasteiger partial charge on any atom is -0.496 e. The molecule has 18 heavy (non-hydrogen) atoms. The number of hydrogen-bond acceptors (Lipinski definition) is 3. The van der Waals surface area contributed by atoms with Crippen molar-refractivity contribution >= 4 is 5.97 Å². The number of carbonyl (C=O) groups is 1. The number of ether oxygens (including phenoxy) is 1. The van der Waals surface area contributed by atoms with E-state index in [0.717, 1.165) is 11.1 Å². The van der Waals surface area contributed by atoms with Gasteiger partial charge in [0.05, 0.1) is 18.6 Å². The van der Waals surface area contributed by atoms with Crippen molar-refractivity contribution in [2.24, 2.45) is 5.41 Å². The molecule has 2 N–H and O–H groups in total. The summed E-state index contributed by atoms with van der Waals surface area (Å²) in [6.45, 7) is 5.39. The largest absolute Gasteiger partial charge is 0.496 e. The summed E-state index contributed by atoms with van der Waals surface area (Å²) in [4.78, 5) is 11.4. The summed E-state index contributed by atoms with van der Waals surface area (Å²) >= 11 is 0. The van der Waals surface area contributed by atoms with Crippen LogP contribution in [0.5, 0.6) is 5.75 Å². The zero-order valence-electron chi connectivity index (χ0n) is 11.6. The van der Waals surface area contributed by atoms with Crippen LogP contribution in [-0.4, -0.2) is 25.2 Å². The molecule has 0 amide bonds. The standard InChI is InChI=1S/C14H21NO3/c1-9-6-7-11(18-5)10(8-9)12(15-4)14(2,3)13(16)17/h6-8,12,15H,1-5H3,(H,16,17). The third-order valence-electron chi connectivity index (χ3n) is 3.26. The number of hydrogen-bond donors (Lipinski definition) is 2. The second-order valence-electron chi connectivity index (χ2n) is 4.99. The zero-order valence-corrected chi connectivity index (χ0v) is 11.6. The minimum absolute atomic E-state index is 0.315. The quantitative estimate of drug-likeness (QED) is 0.843. The smallest absolute Gasteiger partial charge is 0.311 e. The summed E-state index contributed by atoms with van der Waals surface area (Å²) < 4.78 is 5.33. The van der Waals surface area contributed by atoms with Crippen LogP contribution < -0.4 is 10.1 Å². The second-order valence-corrected chi connectivity index (χ2v) is 4.99. The molecule has 0 aliphatic carbocycles. The molecule has 100 valence electrons. The molecule has 0 spiro atoms. The lowest BCUT2D eigenvalue weighted by atomic mass is 9.80. The van der Waals surface area contributed by atoms with Gasteiger partial charge in [-0.2, -0.15) is 0 Å². The summed E-state index contributed by atoms with van der Waals surface area (Å²) in [6, 6.07) is 5.46. The molecule has 0 bridgehead atoms. The molecular weight excluding hydrogens is 230 g/mol. The SMILES string of the molecule is CNC(c1cc(C)ccc1OC)C(C)(C)C(=O)O. The number of rotatable bonds is 5. The number of aryl methyl sites for hydroxylation is 1. The van der Waals surface area contributed by atoms with Gasteiger partial charge >= 0.3 is 5.97 Å². The van der Waals surface area contributed by atoms with Crippen LogP contribution in [-0.2, 0) is 4.79 Å². The van der Waals surface area contributed by atoms with E-state index in [1.54, 1.807) is 28.0 Å². The monoisotopic (exact) mass is 251 g/mol. The van der Waals surface area contributed by atoms with E-state index in [4.69, 9.17) is 4.74 Å². The minimum atomic E-state index is -0.921. The summed E-state index contributed by atoms with van der Waals surface area (Å²) in [5, 5.41) is 12.4. The van der Waals surface area contributed by atoms with E-state index < -0.39 is 11.4 Å². The van der Waals surface area contributed by atoms with Gasteiger partial charge in [0.2, 0.25) is 0 Å². The summed E-state index contributed by atoms with van der Waals surface area (Å²) in [7, 11) is 3.35. The van der Waals surface area contributed by atoms with Crippen LogP contribution >= 0.6 is 0 Å². The fraction of sp³-hybridized carbons (Fsp3) is 0.500. The van der Waals surface area contributed by atoms with Gasteiger partial charge in [-0.3, -0.25) is 4.79 Å². The van der Waals surface area contributed by atoms with Gasteiger partial charge in [0.15, 0.2) is 0 Å². The lowest BCUT2D eigenvalue weighted by Crippen LogP contribution is -2.38. The van der Waals surface area contributed by atoms with Crippen LogP contribution in [0.3, 0.4) is 0 Å². The molecule has 4 nitrogen and oxygen atoms in total. The van der Waals surface area contributed by atoms with Crippen molar-refractivity contribution in [3.8, 4) is 5.75 Å². The van der Waals surface area contributed by atoms with E-state index in [1.807, 2.05) is 25.1 Å². The molecule has 4 heteroatoms. The normalized spacial score (nSPS) is 13.2. The van der Waals surface area contributed by atoms with Crippen LogP contribution in [0.1, 0.15) is 31.0 Å². The molecular formula is C14H21NO3. The van der Waals surface area contributed by atoms with Crippen molar-refractivity contribution in [3.63, 3.8) is 0 Å². The molecule has 0 fully saturated rings. The molecule has 0 saturated carbocycles. The second kappa shape index (κ2) is 5.40. The Morgan fingerprint density at radius 3 is 2.50 bits per heavy atom. The van der Waals surface area contributed by atoms with E-state index >= 15 is 0 Å². The first-order valence-corrected chi connectivity index (χ1v) is 5.89. The van der Waals surface area contributed by atoms with Crippen molar-refractivity contribution in [1.29, 1.82) is 0 Å². The molecule has 0 radical (unpaired) electrons. The van der Waals surface area contributed by atoms with Crippen molar-refractivity contribution in [3.05, 3.63) is 29.3 Å². The van der Waals surface area contributed by atoms with E-state index in [0.29, 0.717) is 5.75 Å². The number of carboxylic acids is 1. The highest BCUT2D eigenvalue weighted by Crippen LogP contribution is 2.38. The molecule has 1 aromatic rings. The van der Waals surface area contributed by atoms with Gasteiger partial charge < -0.3 is 15.2 Å². The third kappa shape index (κ3) is 2.64. The van der Waals surface area contributed by atoms with Gasteiger partial charge in [0, 0.05) is 5.56 Å². The number of carboxylic acid groups (broad SMARTS) is 1. The topological polar surface area (TPSA) is 58.6 Å². The molecule has 0 aliphatic heterocycles. The van der Waals surface area contributed by atoms with Gasteiger partial charge in [-0.1, -0.05) is 17.7 Å². The summed E-state index contributed by atoms with van der Waals surface area (Å²) in [6.07, 6.45) is 0. The van der Waals surface area contributed by atoms with Crippen molar-refractivity contribution < 1.29 is 14.6 Å². The molecule has 0 aromatic heterocycles. The Bertz CT molecular complexity index is 441. The number of methoxy groups -OCH3 is 1. The molecule has 0 aliphatic rings. The number of nitrogens with one attached hydrogen (secondary N) is 1. The van der Waals surface area contributed by atoms with Crippen molar-refractivity contribution in [2.45, 2.75) is 26.8 Å². The van der Waals surface area contributed by atoms with Crippen LogP contribution in [0.2, 0.25) is 0 Å². The van der Waals surface area contributed by atoms with Gasteiger partial charge in [0.1, 0.15) is 5.75 Å². The summed E-state index contributed by atoms with van der Waals surface area (Å²) in [5.41, 5.74) is 1.02. The first kappa shape index (κ1) is 14.5. The van der Waals surface area contributed by atoms with E-state index in [1.165, 1.54) is 0 Å². The summed E-state index contributed by atoms with van der Waals surface area (Å²) in [5.74, 6) is -0.139. The Labute approximate surface area is 108 Å². The third-order valence-corrected chi connectivity index (χ3v) is 3.26. The highest BCUT2D eigenvalue weighted by molar-refractivity contribution is 5.75. The number of benzene rings is 1. The Balaban J connectivity index is 3.32. The average Bonchev–Trinajstić information content (AvgIpc) is 2.29. The zero-order chi connectivity index (χ0) is 13.9. The Hall–Kier alpha value is -1.55. The lowest BCUT2D eigenvalue weighted by molar-refractivity contribution is -0.148. The van der Waals surface area contributed by atoms with Crippen molar-refractivity contribution in [2.75, 3.05) is 14.2 Å². The molecule has 1 aromatic carbocycles. The molecule has 0 saturated heterocycles. The molecule has 1 atom stereocenters. The van der Waals surface area contributed by atoms with Gasteiger partial charge in [0.25, 0.3) is 0 Å². The van der Waals surface area contributed by atoms with Gasteiger partial charge in [-0.25, -0.2) is 0 Å². The number of aliphatic carboxylic acids is 1. The highest BCUT2D eigenvalue weighted by Gasteiger charge is 2.38.